The van der Waals surface area contributed by atoms with Crippen molar-refractivity contribution in [1.29, 1.82) is 5.26 Å². The molecule has 0 saturated heterocycles. The molecule has 2 aromatic rings. The lowest BCUT2D eigenvalue weighted by atomic mass is 10.1. The zero-order chi connectivity index (χ0) is 15.9. The standard InChI is InChI=1S/C16H12ClN3O2/c1-22-14-8-6-13(7-9-14)19-20-15(10-18)16(21)11-2-4-12(17)5-3-11/h2-9,19H,1H3/b20-15+. The summed E-state index contributed by atoms with van der Waals surface area (Å²) in [5.41, 5.74) is 3.42. The summed E-state index contributed by atoms with van der Waals surface area (Å²) in [6.45, 7) is 0. The van der Waals surface area contributed by atoms with Crippen molar-refractivity contribution >= 4 is 28.8 Å². The van der Waals surface area contributed by atoms with Gasteiger partial charge in [0.2, 0.25) is 11.5 Å². The molecule has 0 spiro atoms. The van der Waals surface area contributed by atoms with Gasteiger partial charge < -0.3 is 4.74 Å². The summed E-state index contributed by atoms with van der Waals surface area (Å²) in [5, 5.41) is 13.5. The van der Waals surface area contributed by atoms with E-state index in [1.807, 2.05) is 0 Å². The number of nitrogens with one attached hydrogen (secondary N) is 1. The Labute approximate surface area is 132 Å². The fourth-order valence-electron chi connectivity index (χ4n) is 1.65. The largest absolute Gasteiger partial charge is 0.497 e. The van der Waals surface area contributed by atoms with Gasteiger partial charge in [-0.25, -0.2) is 0 Å². The second-order valence-electron chi connectivity index (χ2n) is 4.25. The van der Waals surface area contributed by atoms with Gasteiger partial charge in [-0.1, -0.05) is 11.6 Å². The minimum atomic E-state index is -0.472. The van der Waals surface area contributed by atoms with E-state index in [1.165, 1.54) is 0 Å². The highest BCUT2D eigenvalue weighted by Crippen LogP contribution is 2.15. The average molecular weight is 314 g/mol. The summed E-state index contributed by atoms with van der Waals surface area (Å²) < 4.78 is 5.04. The third kappa shape index (κ3) is 3.84. The van der Waals surface area contributed by atoms with E-state index in [0.717, 1.165) is 0 Å². The van der Waals surface area contributed by atoms with E-state index in [9.17, 15) is 4.79 Å². The van der Waals surface area contributed by atoms with E-state index < -0.39 is 5.78 Å². The van der Waals surface area contributed by atoms with Crippen LogP contribution < -0.4 is 10.2 Å². The number of hydrazone groups is 1. The van der Waals surface area contributed by atoms with E-state index in [-0.39, 0.29) is 5.71 Å². The minimum absolute atomic E-state index is 0.238. The number of benzene rings is 2. The summed E-state index contributed by atoms with van der Waals surface area (Å²) in [6, 6.07) is 15.0. The van der Waals surface area contributed by atoms with E-state index in [2.05, 4.69) is 10.5 Å². The molecular weight excluding hydrogens is 302 g/mol. The molecule has 0 aliphatic rings. The number of nitriles is 1. The lowest BCUT2D eigenvalue weighted by Crippen LogP contribution is -2.14. The summed E-state index contributed by atoms with van der Waals surface area (Å²) >= 11 is 5.77. The molecule has 0 heterocycles. The predicted molar refractivity (Wildman–Crippen MR) is 85.4 cm³/mol. The van der Waals surface area contributed by atoms with E-state index in [0.29, 0.717) is 22.0 Å². The Morgan fingerprint density at radius 2 is 1.82 bits per heavy atom. The number of nitrogens with zero attached hydrogens (tertiary/aromatic N) is 2. The number of Topliss-reactive ketones (excluding diaryl/α,β-unsaturated/α-hetero) is 1. The van der Waals surface area contributed by atoms with Crippen molar-refractivity contribution in [1.82, 2.24) is 0 Å². The Morgan fingerprint density at radius 3 is 2.36 bits per heavy atom. The number of halogens is 1. The third-order valence-corrected chi connectivity index (χ3v) is 3.07. The summed E-state index contributed by atoms with van der Waals surface area (Å²) in [7, 11) is 1.57. The first-order chi connectivity index (χ1) is 10.6. The van der Waals surface area contributed by atoms with Crippen molar-refractivity contribution in [3.05, 3.63) is 59.1 Å². The van der Waals surface area contributed by atoms with Crippen LogP contribution in [0.2, 0.25) is 5.02 Å². The molecule has 22 heavy (non-hydrogen) atoms. The fraction of sp³-hybridized carbons (Fsp3) is 0.0625. The molecule has 2 rings (SSSR count). The van der Waals surface area contributed by atoms with Crippen LogP contribution >= 0.6 is 11.6 Å². The third-order valence-electron chi connectivity index (χ3n) is 2.81. The number of rotatable bonds is 5. The maximum atomic E-state index is 12.2. The molecule has 5 nitrogen and oxygen atoms in total. The van der Waals surface area contributed by atoms with Crippen LogP contribution in [0.1, 0.15) is 10.4 Å². The summed E-state index contributed by atoms with van der Waals surface area (Å²) in [4.78, 5) is 12.2. The molecule has 0 aliphatic carbocycles. The van der Waals surface area contributed by atoms with Gasteiger partial charge >= 0.3 is 0 Å². The monoisotopic (exact) mass is 313 g/mol. The van der Waals surface area contributed by atoms with Crippen molar-refractivity contribution in [3.8, 4) is 11.8 Å². The average Bonchev–Trinajstić information content (AvgIpc) is 2.56. The zero-order valence-electron chi connectivity index (χ0n) is 11.7. The van der Waals surface area contributed by atoms with Crippen LogP contribution in [0.5, 0.6) is 5.75 Å². The molecule has 0 aliphatic heterocycles. The molecule has 0 unspecified atom stereocenters. The first-order valence-electron chi connectivity index (χ1n) is 6.32. The van der Waals surface area contributed by atoms with Crippen LogP contribution in [-0.4, -0.2) is 18.6 Å². The number of methoxy groups -OCH3 is 1. The second kappa shape index (κ2) is 7.25. The maximum absolute atomic E-state index is 12.2. The Hall–Kier alpha value is -2.84. The van der Waals surface area contributed by atoms with Crippen molar-refractivity contribution < 1.29 is 9.53 Å². The smallest absolute Gasteiger partial charge is 0.223 e. The predicted octanol–water partition coefficient (Wildman–Crippen LogP) is 3.52. The lowest BCUT2D eigenvalue weighted by molar-refractivity contribution is 0.106. The number of anilines is 1. The number of hydrogen-bond donors (Lipinski definition) is 1. The molecule has 0 bridgehead atoms. The molecule has 0 amide bonds. The molecule has 0 saturated carbocycles. The molecule has 1 N–H and O–H groups in total. The number of carbonyl (C=O) groups is 1. The Kier molecular flexibility index (Phi) is 5.12. The fourth-order valence-corrected chi connectivity index (χ4v) is 1.78. The topological polar surface area (TPSA) is 74.5 Å². The number of ketones is 1. The van der Waals surface area contributed by atoms with Gasteiger partial charge in [-0.15, -0.1) is 0 Å². The highest BCUT2D eigenvalue weighted by atomic mass is 35.5. The van der Waals surface area contributed by atoms with E-state index in [1.54, 1.807) is 61.7 Å². The molecular formula is C16H12ClN3O2. The Bertz CT molecular complexity index is 731. The highest BCUT2D eigenvalue weighted by molar-refractivity contribution is 6.51. The number of hydrogen-bond acceptors (Lipinski definition) is 5. The SMILES string of the molecule is COc1ccc(N/N=C(\C#N)C(=O)c2ccc(Cl)cc2)cc1. The summed E-state index contributed by atoms with van der Waals surface area (Å²) in [6.07, 6.45) is 0. The van der Waals surface area contributed by atoms with Gasteiger partial charge in [-0.3, -0.25) is 10.2 Å². The molecule has 6 heteroatoms. The van der Waals surface area contributed by atoms with Crippen LogP contribution in [0.15, 0.2) is 53.6 Å². The van der Waals surface area contributed by atoms with Crippen molar-refractivity contribution in [2.75, 3.05) is 12.5 Å². The molecule has 110 valence electrons. The molecule has 0 radical (unpaired) electrons. The van der Waals surface area contributed by atoms with Gasteiger partial charge in [-0.2, -0.15) is 10.4 Å². The zero-order valence-corrected chi connectivity index (χ0v) is 12.5. The van der Waals surface area contributed by atoms with Crippen LogP contribution in [-0.2, 0) is 0 Å². The van der Waals surface area contributed by atoms with Crippen molar-refractivity contribution in [2.24, 2.45) is 5.10 Å². The van der Waals surface area contributed by atoms with Gasteiger partial charge in [0.05, 0.1) is 12.8 Å². The van der Waals surface area contributed by atoms with Crippen LogP contribution in [0.25, 0.3) is 0 Å². The molecule has 0 atom stereocenters. The normalized spacial score (nSPS) is 10.7. The molecule has 0 aromatic heterocycles. The van der Waals surface area contributed by atoms with Gasteiger partial charge in [0.15, 0.2) is 0 Å². The van der Waals surface area contributed by atoms with Gasteiger partial charge in [0, 0.05) is 10.6 Å². The first kappa shape index (κ1) is 15.5. The first-order valence-corrected chi connectivity index (χ1v) is 6.70. The second-order valence-corrected chi connectivity index (χ2v) is 4.68. The van der Waals surface area contributed by atoms with Crippen LogP contribution in [0, 0.1) is 11.3 Å². The lowest BCUT2D eigenvalue weighted by Gasteiger charge is -2.03. The number of carbonyl (C=O) groups excluding carboxylic acids is 1. The van der Waals surface area contributed by atoms with Gasteiger partial charge in [0.25, 0.3) is 0 Å². The highest BCUT2D eigenvalue weighted by Gasteiger charge is 2.13. The van der Waals surface area contributed by atoms with E-state index >= 15 is 0 Å². The molecule has 0 fully saturated rings. The quantitative estimate of drug-likeness (QED) is 0.520. The van der Waals surface area contributed by atoms with Crippen LogP contribution in [0.3, 0.4) is 0 Å². The van der Waals surface area contributed by atoms with Crippen molar-refractivity contribution in [3.63, 3.8) is 0 Å². The Morgan fingerprint density at radius 1 is 1.18 bits per heavy atom. The van der Waals surface area contributed by atoms with Gasteiger partial charge in [-0.05, 0) is 48.5 Å². The minimum Gasteiger partial charge on any atom is -0.497 e. The van der Waals surface area contributed by atoms with Crippen LogP contribution in [0.4, 0.5) is 5.69 Å². The Balaban J connectivity index is 2.14. The van der Waals surface area contributed by atoms with Gasteiger partial charge in [0.1, 0.15) is 11.8 Å². The molecule has 2 aromatic carbocycles. The van der Waals surface area contributed by atoms with E-state index in [4.69, 9.17) is 21.6 Å². The maximum Gasteiger partial charge on any atom is 0.223 e. The number of ether oxygens (including phenoxy) is 1. The van der Waals surface area contributed by atoms with Crippen molar-refractivity contribution in [2.45, 2.75) is 0 Å². The summed E-state index contributed by atoms with van der Waals surface area (Å²) in [5.74, 6) is 0.229.